The minimum absolute atomic E-state index is 0.117. The van der Waals surface area contributed by atoms with Crippen LogP contribution in [0.2, 0.25) is 0 Å². The lowest BCUT2D eigenvalue weighted by molar-refractivity contribution is -0.137. The Kier molecular flexibility index (Phi) is 6.60. The fraction of sp³-hybridized carbons (Fsp3) is 0.154. The van der Waals surface area contributed by atoms with E-state index in [9.17, 15) is 28.3 Å². The van der Waals surface area contributed by atoms with Crippen molar-refractivity contribution in [2.75, 3.05) is 0 Å². The number of amides is 1. The van der Waals surface area contributed by atoms with E-state index in [4.69, 9.17) is 4.42 Å². The number of pyridine rings is 2. The quantitative estimate of drug-likeness (QED) is 0.362. The summed E-state index contributed by atoms with van der Waals surface area (Å²) in [6.45, 7) is -0.117. The zero-order valence-electron chi connectivity index (χ0n) is 19.6. The van der Waals surface area contributed by atoms with Crippen molar-refractivity contribution in [2.45, 2.75) is 25.4 Å². The van der Waals surface area contributed by atoms with Crippen LogP contribution >= 0.6 is 0 Å². The summed E-state index contributed by atoms with van der Waals surface area (Å²) in [6.07, 6.45) is 4.91. The Labute approximate surface area is 213 Å². The number of allylic oxidation sites excluding steroid dienone is 1. The largest absolute Gasteiger partial charge is 0.481 e. The molecule has 1 aliphatic rings. The molecule has 1 aromatic carbocycles. The molecule has 1 aliphatic carbocycles. The highest BCUT2D eigenvalue weighted by Crippen LogP contribution is 2.31. The summed E-state index contributed by atoms with van der Waals surface area (Å²) in [5, 5.41) is 19.8. The minimum atomic E-state index is -1.24. The van der Waals surface area contributed by atoms with Crippen LogP contribution < -0.4 is 10.9 Å². The Hall–Kier alpha value is -5.00. The van der Waals surface area contributed by atoms with Crippen LogP contribution in [0.5, 0.6) is 0 Å². The van der Waals surface area contributed by atoms with E-state index in [1.165, 1.54) is 24.4 Å². The summed E-state index contributed by atoms with van der Waals surface area (Å²) in [5.74, 6) is -4.19. The van der Waals surface area contributed by atoms with Crippen molar-refractivity contribution < 1.29 is 27.9 Å². The molecule has 5 rings (SSSR count). The van der Waals surface area contributed by atoms with E-state index < -0.39 is 41.5 Å². The van der Waals surface area contributed by atoms with E-state index in [-0.39, 0.29) is 23.9 Å². The van der Waals surface area contributed by atoms with Crippen LogP contribution in [-0.2, 0) is 17.8 Å². The Bertz CT molecular complexity index is 1640. The fourth-order valence-corrected chi connectivity index (χ4v) is 4.12. The molecule has 3 heterocycles. The number of carbonyl (C=O) groups excluding carboxylic acids is 1. The highest BCUT2D eigenvalue weighted by molar-refractivity contribution is 5.94. The van der Waals surface area contributed by atoms with E-state index in [1.807, 2.05) is 12.1 Å². The van der Waals surface area contributed by atoms with Crippen LogP contribution in [0.15, 0.2) is 70.1 Å². The van der Waals surface area contributed by atoms with Crippen LogP contribution in [-0.4, -0.2) is 36.7 Å². The summed E-state index contributed by atoms with van der Waals surface area (Å²) in [6, 6.07) is 8.31. The molecule has 12 heteroatoms. The van der Waals surface area contributed by atoms with E-state index in [0.717, 1.165) is 28.0 Å². The van der Waals surface area contributed by atoms with Gasteiger partial charge in [0.25, 0.3) is 11.5 Å². The Morgan fingerprint density at radius 3 is 2.76 bits per heavy atom. The average Bonchev–Trinajstić information content (AvgIpc) is 3.54. The molecule has 0 saturated heterocycles. The third-order valence-electron chi connectivity index (χ3n) is 5.93. The summed E-state index contributed by atoms with van der Waals surface area (Å²) in [4.78, 5) is 41.8. The van der Waals surface area contributed by atoms with Crippen LogP contribution in [0, 0.1) is 11.6 Å². The molecule has 0 spiro atoms. The number of hydrogen-bond donors (Lipinski definition) is 2. The number of benzene rings is 1. The number of aliphatic carboxylic acids is 1. The Morgan fingerprint density at radius 2 is 1.97 bits per heavy atom. The monoisotopic (exact) mass is 519 g/mol. The molecule has 0 unspecified atom stereocenters. The maximum absolute atomic E-state index is 13.6. The highest BCUT2D eigenvalue weighted by atomic mass is 19.2. The van der Waals surface area contributed by atoms with Crippen molar-refractivity contribution in [3.8, 4) is 0 Å². The second-order valence-corrected chi connectivity index (χ2v) is 8.49. The maximum atomic E-state index is 13.6. The molecule has 0 saturated carbocycles. The zero-order chi connectivity index (χ0) is 26.8. The molecule has 1 atom stereocenters. The predicted molar refractivity (Wildman–Crippen MR) is 128 cm³/mol. The van der Waals surface area contributed by atoms with Crippen LogP contribution in [0.3, 0.4) is 0 Å². The van der Waals surface area contributed by atoms with Crippen molar-refractivity contribution in [3.63, 3.8) is 0 Å². The Balaban J connectivity index is 1.38. The molecular weight excluding hydrogens is 500 g/mol. The Morgan fingerprint density at radius 1 is 1.13 bits per heavy atom. The number of nitrogens with one attached hydrogen (secondary N) is 1. The van der Waals surface area contributed by atoms with Gasteiger partial charge in [0.1, 0.15) is 11.6 Å². The maximum Gasteiger partial charge on any atom is 0.305 e. The highest BCUT2D eigenvalue weighted by Gasteiger charge is 2.28. The predicted octanol–water partition coefficient (Wildman–Crippen LogP) is 2.89. The first-order valence-electron chi connectivity index (χ1n) is 11.4. The van der Waals surface area contributed by atoms with Crippen molar-refractivity contribution in [2.24, 2.45) is 0 Å². The summed E-state index contributed by atoms with van der Waals surface area (Å²) < 4.78 is 33.7. The third kappa shape index (κ3) is 4.96. The van der Waals surface area contributed by atoms with Crippen molar-refractivity contribution >= 4 is 17.4 Å². The first-order chi connectivity index (χ1) is 18.3. The van der Waals surface area contributed by atoms with Gasteiger partial charge in [-0.3, -0.25) is 19.4 Å². The standard InChI is InChI=1S/C26H19F2N5O5/c27-18-7-5-14(11-19(18)28)13-33-10-2-4-17(26(33)37)23(36)30-21(12-22(34)35)25-32-31-24(38-25)16-6-8-20-15(16)3-1-9-29-20/h1-7,9-11,21H,8,12-13H2,(H,30,36)(H,34,35)/t21-/m1/s1. The molecule has 0 bridgehead atoms. The number of nitrogens with zero attached hydrogens (tertiary/aromatic N) is 4. The van der Waals surface area contributed by atoms with Crippen LogP contribution in [0.4, 0.5) is 8.78 Å². The van der Waals surface area contributed by atoms with Gasteiger partial charge in [-0.2, -0.15) is 0 Å². The average molecular weight is 519 g/mol. The van der Waals surface area contributed by atoms with Gasteiger partial charge in [0.15, 0.2) is 11.6 Å². The number of halogens is 2. The van der Waals surface area contributed by atoms with Gasteiger partial charge in [0, 0.05) is 30.0 Å². The lowest BCUT2D eigenvalue weighted by Crippen LogP contribution is -2.36. The number of carboxylic acid groups (broad SMARTS) is 1. The smallest absolute Gasteiger partial charge is 0.305 e. The van der Waals surface area contributed by atoms with Crippen LogP contribution in [0.25, 0.3) is 5.57 Å². The first kappa shape index (κ1) is 24.7. The molecule has 3 aromatic heterocycles. The van der Waals surface area contributed by atoms with Crippen LogP contribution in [0.1, 0.15) is 51.4 Å². The summed E-state index contributed by atoms with van der Waals surface area (Å²) in [7, 11) is 0. The van der Waals surface area contributed by atoms with E-state index in [2.05, 4.69) is 20.5 Å². The lowest BCUT2D eigenvalue weighted by Gasteiger charge is -2.14. The molecule has 38 heavy (non-hydrogen) atoms. The van der Waals surface area contributed by atoms with Gasteiger partial charge < -0.3 is 19.4 Å². The fourth-order valence-electron chi connectivity index (χ4n) is 4.12. The molecule has 0 fully saturated rings. The molecule has 0 radical (unpaired) electrons. The van der Waals surface area contributed by atoms with Gasteiger partial charge in [-0.05, 0) is 35.9 Å². The van der Waals surface area contributed by atoms with Crippen molar-refractivity contribution in [1.29, 1.82) is 0 Å². The summed E-state index contributed by atoms with van der Waals surface area (Å²) in [5.41, 5.74) is 1.60. The molecule has 0 aliphatic heterocycles. The topological polar surface area (TPSA) is 140 Å². The normalized spacial score (nSPS) is 13.1. The van der Waals surface area contributed by atoms with Gasteiger partial charge in [-0.15, -0.1) is 10.2 Å². The lowest BCUT2D eigenvalue weighted by atomic mass is 10.1. The van der Waals surface area contributed by atoms with E-state index in [0.29, 0.717) is 17.6 Å². The summed E-state index contributed by atoms with van der Waals surface area (Å²) >= 11 is 0. The third-order valence-corrected chi connectivity index (χ3v) is 5.93. The first-order valence-corrected chi connectivity index (χ1v) is 11.4. The van der Waals surface area contributed by atoms with Gasteiger partial charge in [0.2, 0.25) is 11.8 Å². The van der Waals surface area contributed by atoms with Gasteiger partial charge in [0.05, 0.1) is 18.7 Å². The van der Waals surface area contributed by atoms with E-state index in [1.54, 1.807) is 12.3 Å². The molecule has 10 nitrogen and oxygen atoms in total. The molecule has 1 amide bonds. The molecular formula is C26H19F2N5O5. The van der Waals surface area contributed by atoms with Gasteiger partial charge >= 0.3 is 5.97 Å². The minimum Gasteiger partial charge on any atom is -0.481 e. The number of rotatable bonds is 8. The van der Waals surface area contributed by atoms with Gasteiger partial charge in [-0.25, -0.2) is 8.78 Å². The number of carbonyl (C=O) groups is 2. The SMILES string of the molecule is O=C(O)C[C@@H](NC(=O)c1cccn(Cc2ccc(F)c(F)c2)c1=O)c1nnc(C2=CCc3ncccc32)o1. The number of hydrogen-bond acceptors (Lipinski definition) is 7. The second kappa shape index (κ2) is 10.2. The van der Waals surface area contributed by atoms with E-state index >= 15 is 0 Å². The zero-order valence-corrected chi connectivity index (χ0v) is 19.6. The molecule has 2 N–H and O–H groups in total. The van der Waals surface area contributed by atoms with Crippen molar-refractivity contribution in [3.05, 3.63) is 117 Å². The molecule has 4 aromatic rings. The number of carboxylic acids is 1. The molecule has 192 valence electrons. The number of fused-ring (bicyclic) bond motifs is 1. The van der Waals surface area contributed by atoms with Gasteiger partial charge in [-0.1, -0.05) is 18.2 Å². The van der Waals surface area contributed by atoms with Crippen molar-refractivity contribution in [1.82, 2.24) is 25.1 Å². The second-order valence-electron chi connectivity index (χ2n) is 8.49. The number of aromatic nitrogens is 4.